The molecule has 0 aromatic heterocycles. The number of anilines is 1. The number of phenols is 1. The maximum absolute atomic E-state index is 14.3. The van der Waals surface area contributed by atoms with Gasteiger partial charge in [-0.1, -0.05) is 31.2 Å². The van der Waals surface area contributed by atoms with Crippen LogP contribution in [0.5, 0.6) is 5.75 Å². The molecular weight excluding hydrogens is 387 g/mol. The molecule has 0 bridgehead atoms. The van der Waals surface area contributed by atoms with E-state index in [9.17, 15) is 22.7 Å². The molecule has 0 saturated heterocycles. The van der Waals surface area contributed by atoms with E-state index < -0.39 is 38.2 Å². The highest BCUT2D eigenvalue weighted by molar-refractivity contribution is 7.92. The van der Waals surface area contributed by atoms with Gasteiger partial charge in [0.2, 0.25) is 5.91 Å². The van der Waals surface area contributed by atoms with Crippen molar-refractivity contribution in [3.63, 3.8) is 0 Å². The van der Waals surface area contributed by atoms with E-state index >= 15 is 0 Å². The highest BCUT2D eigenvalue weighted by Crippen LogP contribution is 2.29. The Hall–Kier alpha value is -2.91. The van der Waals surface area contributed by atoms with E-state index in [-0.39, 0.29) is 22.6 Å². The van der Waals surface area contributed by atoms with Crippen molar-refractivity contribution in [3.8, 4) is 5.75 Å². The third-order valence-electron chi connectivity index (χ3n) is 4.19. The van der Waals surface area contributed by atoms with E-state index in [1.54, 1.807) is 24.5 Å². The second kappa shape index (κ2) is 8.41. The SMILES string of the molecule is C=C(NO)c1cc(F)c(NC(=O)C(CC)S(=O)(=O)c2ccc(C)cc2)cc1O. The fraction of sp³-hybridized carbons (Fsp3) is 0.211. The zero-order chi connectivity index (χ0) is 21.1. The lowest BCUT2D eigenvalue weighted by atomic mass is 10.1. The first-order chi connectivity index (χ1) is 13.1. The zero-order valence-corrected chi connectivity index (χ0v) is 16.2. The van der Waals surface area contributed by atoms with Crippen molar-refractivity contribution in [1.29, 1.82) is 0 Å². The van der Waals surface area contributed by atoms with Gasteiger partial charge in [0, 0.05) is 11.6 Å². The van der Waals surface area contributed by atoms with E-state index in [4.69, 9.17) is 5.21 Å². The van der Waals surface area contributed by atoms with Crippen molar-refractivity contribution in [2.24, 2.45) is 0 Å². The summed E-state index contributed by atoms with van der Waals surface area (Å²) in [6.45, 7) is 6.73. The number of carbonyl (C=O) groups is 1. The largest absolute Gasteiger partial charge is 0.507 e. The minimum Gasteiger partial charge on any atom is -0.507 e. The molecule has 0 aliphatic carbocycles. The zero-order valence-electron chi connectivity index (χ0n) is 15.4. The van der Waals surface area contributed by atoms with Crippen LogP contribution in [0.1, 0.15) is 24.5 Å². The van der Waals surface area contributed by atoms with Gasteiger partial charge in [-0.2, -0.15) is 0 Å². The number of hydroxylamine groups is 1. The summed E-state index contributed by atoms with van der Waals surface area (Å²) >= 11 is 0. The average molecular weight is 408 g/mol. The fourth-order valence-electron chi connectivity index (χ4n) is 2.61. The van der Waals surface area contributed by atoms with Crippen molar-refractivity contribution in [3.05, 3.63) is 59.9 Å². The molecule has 1 unspecified atom stereocenters. The number of phenolic OH excluding ortho intramolecular Hbond substituents is 1. The van der Waals surface area contributed by atoms with Gasteiger partial charge in [0.15, 0.2) is 9.84 Å². The topological polar surface area (TPSA) is 116 Å². The lowest BCUT2D eigenvalue weighted by molar-refractivity contribution is -0.115. The smallest absolute Gasteiger partial charge is 0.243 e. The van der Waals surface area contributed by atoms with E-state index in [0.717, 1.165) is 17.7 Å². The van der Waals surface area contributed by atoms with Crippen LogP contribution >= 0.6 is 0 Å². The summed E-state index contributed by atoms with van der Waals surface area (Å²) in [6.07, 6.45) is -0.0288. The van der Waals surface area contributed by atoms with Crippen molar-refractivity contribution in [2.45, 2.75) is 30.4 Å². The molecule has 150 valence electrons. The van der Waals surface area contributed by atoms with Crippen LogP contribution < -0.4 is 10.8 Å². The molecule has 0 spiro atoms. The number of hydrogen-bond donors (Lipinski definition) is 4. The van der Waals surface area contributed by atoms with Gasteiger partial charge in [-0.15, -0.1) is 0 Å². The number of amides is 1. The highest BCUT2D eigenvalue weighted by Gasteiger charge is 2.33. The van der Waals surface area contributed by atoms with Crippen LogP contribution in [-0.2, 0) is 14.6 Å². The Morgan fingerprint density at radius 3 is 2.39 bits per heavy atom. The molecule has 28 heavy (non-hydrogen) atoms. The number of halogens is 1. The Balaban J connectivity index is 2.33. The Morgan fingerprint density at radius 2 is 1.86 bits per heavy atom. The number of aryl methyl sites for hydroxylation is 1. The van der Waals surface area contributed by atoms with Crippen molar-refractivity contribution < 1.29 is 27.9 Å². The van der Waals surface area contributed by atoms with Crippen LogP contribution in [-0.4, -0.2) is 29.9 Å². The summed E-state index contributed by atoms with van der Waals surface area (Å²) in [5.74, 6) is -2.31. The summed E-state index contributed by atoms with van der Waals surface area (Å²) in [5, 5.41) is 19.5. The van der Waals surface area contributed by atoms with E-state index in [0.29, 0.717) is 0 Å². The highest BCUT2D eigenvalue weighted by atomic mass is 32.2. The molecule has 4 N–H and O–H groups in total. The Bertz CT molecular complexity index is 1000. The molecule has 0 aliphatic heterocycles. The minimum atomic E-state index is -3.99. The summed E-state index contributed by atoms with van der Waals surface area (Å²) in [7, 11) is -3.99. The van der Waals surface area contributed by atoms with Crippen LogP contribution in [0.15, 0.2) is 47.9 Å². The molecule has 0 aliphatic rings. The van der Waals surface area contributed by atoms with Gasteiger partial charge in [-0.05, 0) is 31.5 Å². The first-order valence-corrected chi connectivity index (χ1v) is 9.89. The standard InChI is InChI=1S/C19H21FN2O5S/c1-4-18(28(26,27)13-7-5-11(2)6-8-13)19(24)21-16-10-17(23)14(9-15(16)20)12(3)22-25/h5-10,18,22-23,25H,3-4H2,1-2H3,(H,21,24). The lowest BCUT2D eigenvalue weighted by Crippen LogP contribution is -2.35. The van der Waals surface area contributed by atoms with Crippen LogP contribution in [0.4, 0.5) is 10.1 Å². The molecule has 9 heteroatoms. The van der Waals surface area contributed by atoms with E-state index in [2.05, 4.69) is 11.9 Å². The van der Waals surface area contributed by atoms with Crippen molar-refractivity contribution in [2.75, 3.05) is 5.32 Å². The Kier molecular flexibility index (Phi) is 6.42. The quantitative estimate of drug-likeness (QED) is 0.524. The van der Waals surface area contributed by atoms with Crippen LogP contribution in [0.25, 0.3) is 5.70 Å². The monoisotopic (exact) mass is 408 g/mol. The maximum Gasteiger partial charge on any atom is 0.243 e. The third-order valence-corrected chi connectivity index (χ3v) is 6.42. The predicted molar refractivity (Wildman–Crippen MR) is 103 cm³/mol. The molecular formula is C19H21FN2O5S. The van der Waals surface area contributed by atoms with Crippen molar-refractivity contribution in [1.82, 2.24) is 5.48 Å². The van der Waals surface area contributed by atoms with Gasteiger partial charge >= 0.3 is 0 Å². The average Bonchev–Trinajstić information content (AvgIpc) is 2.64. The molecule has 0 radical (unpaired) electrons. The lowest BCUT2D eigenvalue weighted by Gasteiger charge is -2.17. The number of sulfone groups is 1. The van der Waals surface area contributed by atoms with Gasteiger partial charge in [-0.3, -0.25) is 15.5 Å². The van der Waals surface area contributed by atoms with Gasteiger partial charge in [-0.25, -0.2) is 12.8 Å². The molecule has 2 aromatic carbocycles. The molecule has 0 heterocycles. The van der Waals surface area contributed by atoms with Gasteiger partial charge in [0.1, 0.15) is 16.8 Å². The molecule has 7 nitrogen and oxygen atoms in total. The number of hydrogen-bond acceptors (Lipinski definition) is 6. The summed E-state index contributed by atoms with van der Waals surface area (Å²) in [5.41, 5.74) is 1.90. The Morgan fingerprint density at radius 1 is 1.25 bits per heavy atom. The Labute approximate surface area is 162 Å². The van der Waals surface area contributed by atoms with Crippen LogP contribution in [0.2, 0.25) is 0 Å². The molecule has 1 atom stereocenters. The summed E-state index contributed by atoms with van der Waals surface area (Å²) in [6, 6.07) is 7.83. The van der Waals surface area contributed by atoms with Crippen molar-refractivity contribution >= 4 is 27.1 Å². The molecule has 2 aromatic rings. The third kappa shape index (κ3) is 4.32. The molecule has 2 rings (SSSR count). The molecule has 0 saturated carbocycles. The normalized spacial score (nSPS) is 12.3. The molecule has 1 amide bonds. The number of carbonyl (C=O) groups excluding carboxylic acids is 1. The van der Waals surface area contributed by atoms with Crippen LogP contribution in [0.3, 0.4) is 0 Å². The summed E-state index contributed by atoms with van der Waals surface area (Å²) in [4.78, 5) is 12.6. The maximum atomic E-state index is 14.3. The van der Waals surface area contributed by atoms with E-state index in [1.165, 1.54) is 19.1 Å². The number of aromatic hydroxyl groups is 1. The van der Waals surface area contributed by atoms with Gasteiger partial charge < -0.3 is 10.4 Å². The van der Waals surface area contributed by atoms with Gasteiger partial charge in [0.25, 0.3) is 0 Å². The fourth-order valence-corrected chi connectivity index (χ4v) is 4.23. The van der Waals surface area contributed by atoms with Crippen LogP contribution in [0, 0.1) is 12.7 Å². The minimum absolute atomic E-state index is 0.0101. The second-order valence-electron chi connectivity index (χ2n) is 6.18. The number of nitrogens with one attached hydrogen (secondary N) is 2. The predicted octanol–water partition coefficient (Wildman–Crippen LogP) is 2.98. The molecule has 0 fully saturated rings. The first-order valence-electron chi connectivity index (χ1n) is 8.35. The number of rotatable bonds is 7. The van der Waals surface area contributed by atoms with E-state index in [1.807, 2.05) is 0 Å². The first kappa shape index (κ1) is 21.4. The number of benzene rings is 2. The van der Waals surface area contributed by atoms with Gasteiger partial charge in [0.05, 0.1) is 16.3 Å². The summed E-state index contributed by atoms with van der Waals surface area (Å²) < 4.78 is 39.9. The second-order valence-corrected chi connectivity index (χ2v) is 8.31.